The third-order valence-electron chi connectivity index (χ3n) is 2.89. The van der Waals surface area contributed by atoms with Crippen molar-refractivity contribution in [3.05, 3.63) is 41.3 Å². The number of hydrogen-bond donors (Lipinski definition) is 3. The first kappa shape index (κ1) is 14.0. The van der Waals surface area contributed by atoms with Crippen molar-refractivity contribution in [2.24, 2.45) is 0 Å². The Kier molecular flexibility index (Phi) is 3.48. The molecule has 6 heteroatoms. The molecule has 1 aromatic heterocycles. The Morgan fingerprint density at radius 2 is 2.05 bits per heavy atom. The second-order valence-electron chi connectivity index (χ2n) is 5.60. The molecule has 0 saturated carbocycles. The Bertz CT molecular complexity index is 643. The van der Waals surface area contributed by atoms with Crippen LogP contribution >= 0.6 is 0 Å². The summed E-state index contributed by atoms with van der Waals surface area (Å²) >= 11 is 0. The minimum Gasteiger partial charge on any atom is -0.398 e. The molecule has 0 aliphatic carbocycles. The van der Waals surface area contributed by atoms with Crippen molar-refractivity contribution in [1.82, 2.24) is 10.2 Å². The summed E-state index contributed by atoms with van der Waals surface area (Å²) in [4.78, 5) is 12.0. The number of nitrogens with zero attached hydrogens (tertiary/aromatic N) is 1. The lowest BCUT2D eigenvalue weighted by Gasteiger charge is -2.14. The molecule has 0 atom stereocenters. The van der Waals surface area contributed by atoms with Crippen LogP contribution in [0.3, 0.4) is 0 Å². The second kappa shape index (κ2) is 4.96. The number of anilines is 2. The number of carbonyl (C=O) groups is 1. The number of halogens is 1. The molecule has 0 saturated heterocycles. The molecule has 0 radical (unpaired) electrons. The van der Waals surface area contributed by atoms with Crippen LogP contribution < -0.4 is 11.1 Å². The Morgan fingerprint density at radius 3 is 2.65 bits per heavy atom. The van der Waals surface area contributed by atoms with Crippen molar-refractivity contribution in [2.75, 3.05) is 11.1 Å². The third kappa shape index (κ3) is 2.96. The van der Waals surface area contributed by atoms with Gasteiger partial charge in [-0.15, -0.1) is 0 Å². The quantitative estimate of drug-likeness (QED) is 0.737. The minimum atomic E-state index is -0.512. The van der Waals surface area contributed by atoms with Gasteiger partial charge in [0.05, 0.1) is 5.56 Å². The van der Waals surface area contributed by atoms with Crippen LogP contribution in [0.5, 0.6) is 0 Å². The van der Waals surface area contributed by atoms with Crippen molar-refractivity contribution < 1.29 is 9.18 Å². The summed E-state index contributed by atoms with van der Waals surface area (Å²) in [5, 5.41) is 9.46. The van der Waals surface area contributed by atoms with Gasteiger partial charge in [0.1, 0.15) is 5.82 Å². The maximum absolute atomic E-state index is 13.1. The molecule has 0 aliphatic heterocycles. The summed E-state index contributed by atoms with van der Waals surface area (Å²) in [6.07, 6.45) is 0. The number of nitrogens with two attached hydrogens (primary N) is 1. The number of nitrogen functional groups attached to an aromatic ring is 1. The van der Waals surface area contributed by atoms with Crippen molar-refractivity contribution in [3.8, 4) is 0 Å². The SMILES string of the molecule is CC(C)(C)c1cc(NC(=O)c2cc(F)ccc2N)n[nH]1. The van der Waals surface area contributed by atoms with E-state index in [-0.39, 0.29) is 16.7 Å². The lowest BCUT2D eigenvalue weighted by atomic mass is 9.92. The van der Waals surface area contributed by atoms with E-state index in [1.807, 2.05) is 20.8 Å². The Morgan fingerprint density at radius 1 is 1.35 bits per heavy atom. The fourth-order valence-corrected chi connectivity index (χ4v) is 1.68. The van der Waals surface area contributed by atoms with Crippen LogP contribution in [0, 0.1) is 5.82 Å². The smallest absolute Gasteiger partial charge is 0.259 e. The number of hydrogen-bond acceptors (Lipinski definition) is 3. The fourth-order valence-electron chi connectivity index (χ4n) is 1.68. The zero-order valence-electron chi connectivity index (χ0n) is 11.6. The Hall–Kier alpha value is -2.37. The van der Waals surface area contributed by atoms with Crippen LogP contribution in [-0.2, 0) is 5.41 Å². The predicted molar refractivity (Wildman–Crippen MR) is 76.1 cm³/mol. The van der Waals surface area contributed by atoms with E-state index in [1.54, 1.807) is 6.07 Å². The number of rotatable bonds is 2. The number of aromatic nitrogens is 2. The summed E-state index contributed by atoms with van der Waals surface area (Å²) in [6, 6.07) is 5.41. The van der Waals surface area contributed by atoms with Gasteiger partial charge in [0.2, 0.25) is 0 Å². The topological polar surface area (TPSA) is 83.8 Å². The zero-order valence-corrected chi connectivity index (χ0v) is 11.6. The van der Waals surface area contributed by atoms with Gasteiger partial charge in [-0.1, -0.05) is 20.8 Å². The molecule has 1 heterocycles. The van der Waals surface area contributed by atoms with Crippen molar-refractivity contribution in [3.63, 3.8) is 0 Å². The van der Waals surface area contributed by atoms with E-state index >= 15 is 0 Å². The van der Waals surface area contributed by atoms with Gasteiger partial charge in [-0.25, -0.2) is 4.39 Å². The first-order valence-electron chi connectivity index (χ1n) is 6.19. The van der Waals surface area contributed by atoms with Crippen molar-refractivity contribution >= 4 is 17.4 Å². The molecule has 2 rings (SSSR count). The van der Waals surface area contributed by atoms with Gasteiger partial charge in [0.25, 0.3) is 5.91 Å². The number of carbonyl (C=O) groups excluding carboxylic acids is 1. The predicted octanol–water partition coefficient (Wildman–Crippen LogP) is 2.68. The Balaban J connectivity index is 2.20. The van der Waals surface area contributed by atoms with Gasteiger partial charge >= 0.3 is 0 Å². The third-order valence-corrected chi connectivity index (χ3v) is 2.89. The summed E-state index contributed by atoms with van der Waals surface area (Å²) in [5.74, 6) is -0.626. The van der Waals surface area contributed by atoms with Gasteiger partial charge < -0.3 is 11.1 Å². The monoisotopic (exact) mass is 276 g/mol. The van der Waals surface area contributed by atoms with Crippen LogP contribution in [0.25, 0.3) is 0 Å². The highest BCUT2D eigenvalue weighted by atomic mass is 19.1. The lowest BCUT2D eigenvalue weighted by molar-refractivity contribution is 0.102. The molecular formula is C14H17FN4O. The molecule has 0 aliphatic rings. The molecule has 0 fully saturated rings. The standard InChI is InChI=1S/C14H17FN4O/c1-14(2,3)11-7-12(19-18-11)17-13(20)9-6-8(15)4-5-10(9)16/h4-7H,16H2,1-3H3,(H2,17,18,19,20). The second-order valence-corrected chi connectivity index (χ2v) is 5.60. The molecular weight excluding hydrogens is 259 g/mol. The zero-order chi connectivity index (χ0) is 14.9. The lowest BCUT2D eigenvalue weighted by Crippen LogP contribution is -2.14. The number of aromatic amines is 1. The molecule has 5 nitrogen and oxygen atoms in total. The molecule has 0 spiro atoms. The van der Waals surface area contributed by atoms with E-state index in [4.69, 9.17) is 5.73 Å². The van der Waals surface area contributed by atoms with Crippen LogP contribution in [0.15, 0.2) is 24.3 Å². The van der Waals surface area contributed by atoms with E-state index in [9.17, 15) is 9.18 Å². The summed E-state index contributed by atoms with van der Waals surface area (Å²) in [5.41, 5.74) is 6.75. The highest BCUT2D eigenvalue weighted by molar-refractivity contribution is 6.07. The fraction of sp³-hybridized carbons (Fsp3) is 0.286. The van der Waals surface area contributed by atoms with Crippen LogP contribution in [0.1, 0.15) is 36.8 Å². The highest BCUT2D eigenvalue weighted by Crippen LogP contribution is 2.22. The van der Waals surface area contributed by atoms with Gasteiger partial charge in [-0.3, -0.25) is 9.89 Å². The molecule has 0 bridgehead atoms. The van der Waals surface area contributed by atoms with Crippen LogP contribution in [0.2, 0.25) is 0 Å². The molecule has 4 N–H and O–H groups in total. The number of benzene rings is 1. The summed E-state index contributed by atoms with van der Waals surface area (Å²) in [7, 11) is 0. The molecule has 2 aromatic rings. The van der Waals surface area contributed by atoms with Gasteiger partial charge in [-0.05, 0) is 18.2 Å². The maximum atomic E-state index is 13.1. The van der Waals surface area contributed by atoms with Gasteiger partial charge in [0.15, 0.2) is 5.82 Å². The van der Waals surface area contributed by atoms with E-state index < -0.39 is 11.7 Å². The van der Waals surface area contributed by atoms with E-state index in [2.05, 4.69) is 15.5 Å². The maximum Gasteiger partial charge on any atom is 0.259 e. The molecule has 20 heavy (non-hydrogen) atoms. The normalized spacial score (nSPS) is 11.4. The average molecular weight is 276 g/mol. The number of nitrogens with one attached hydrogen (secondary N) is 2. The largest absolute Gasteiger partial charge is 0.398 e. The average Bonchev–Trinajstić information content (AvgIpc) is 2.80. The first-order chi connectivity index (χ1) is 9.27. The van der Waals surface area contributed by atoms with Gasteiger partial charge in [0, 0.05) is 22.9 Å². The van der Waals surface area contributed by atoms with E-state index in [0.29, 0.717) is 5.82 Å². The first-order valence-corrected chi connectivity index (χ1v) is 6.19. The summed E-state index contributed by atoms with van der Waals surface area (Å²) < 4.78 is 13.1. The number of H-pyrrole nitrogens is 1. The van der Waals surface area contributed by atoms with E-state index in [0.717, 1.165) is 11.8 Å². The highest BCUT2D eigenvalue weighted by Gasteiger charge is 2.18. The van der Waals surface area contributed by atoms with Crippen LogP contribution in [-0.4, -0.2) is 16.1 Å². The molecule has 106 valence electrons. The number of amides is 1. The van der Waals surface area contributed by atoms with Gasteiger partial charge in [-0.2, -0.15) is 5.10 Å². The van der Waals surface area contributed by atoms with Crippen LogP contribution in [0.4, 0.5) is 15.9 Å². The van der Waals surface area contributed by atoms with E-state index in [1.165, 1.54) is 12.1 Å². The molecule has 1 amide bonds. The Labute approximate surface area is 116 Å². The van der Waals surface area contributed by atoms with Crippen molar-refractivity contribution in [2.45, 2.75) is 26.2 Å². The molecule has 1 aromatic carbocycles. The summed E-state index contributed by atoms with van der Waals surface area (Å²) in [6.45, 7) is 6.07. The minimum absolute atomic E-state index is 0.0882. The molecule has 0 unspecified atom stereocenters. The van der Waals surface area contributed by atoms with Crippen molar-refractivity contribution in [1.29, 1.82) is 0 Å².